The Labute approximate surface area is 135 Å². The highest BCUT2D eigenvalue weighted by atomic mass is 16.5. The third-order valence-corrected chi connectivity index (χ3v) is 3.98. The van der Waals surface area contributed by atoms with E-state index in [0.717, 1.165) is 48.2 Å². The first-order valence-corrected chi connectivity index (χ1v) is 7.65. The summed E-state index contributed by atoms with van der Waals surface area (Å²) in [6.07, 6.45) is 2.61. The molecule has 1 aliphatic rings. The van der Waals surface area contributed by atoms with Crippen LogP contribution in [0.2, 0.25) is 0 Å². The van der Waals surface area contributed by atoms with Gasteiger partial charge in [-0.3, -0.25) is 0 Å². The average molecular weight is 315 g/mol. The number of para-hydroxylation sites is 1. The highest BCUT2D eigenvalue weighted by molar-refractivity contribution is 5.48. The summed E-state index contributed by atoms with van der Waals surface area (Å²) in [5.74, 6) is 2.62. The van der Waals surface area contributed by atoms with E-state index in [1.54, 1.807) is 20.5 Å². The van der Waals surface area contributed by atoms with E-state index >= 15 is 0 Å². The molecule has 6 nitrogen and oxygen atoms in total. The van der Waals surface area contributed by atoms with Crippen molar-refractivity contribution in [3.8, 4) is 11.5 Å². The van der Waals surface area contributed by atoms with Gasteiger partial charge in [0, 0.05) is 30.7 Å². The van der Waals surface area contributed by atoms with Gasteiger partial charge in [0.15, 0.2) is 11.5 Å². The zero-order chi connectivity index (χ0) is 16.1. The minimum atomic E-state index is 0.366. The number of benzene rings is 1. The Hall–Kier alpha value is -2.34. The van der Waals surface area contributed by atoms with Crippen LogP contribution in [0.5, 0.6) is 11.5 Å². The number of nitrogens with zero attached hydrogens (tertiary/aromatic N) is 2. The Morgan fingerprint density at radius 3 is 2.91 bits per heavy atom. The van der Waals surface area contributed by atoms with Crippen molar-refractivity contribution in [1.29, 1.82) is 0 Å². The summed E-state index contributed by atoms with van der Waals surface area (Å²) in [7, 11) is 3.28. The van der Waals surface area contributed by atoms with Gasteiger partial charge in [0.1, 0.15) is 12.1 Å². The van der Waals surface area contributed by atoms with Crippen LogP contribution >= 0.6 is 0 Å². The van der Waals surface area contributed by atoms with Gasteiger partial charge in [-0.2, -0.15) is 0 Å². The zero-order valence-corrected chi connectivity index (χ0v) is 13.4. The van der Waals surface area contributed by atoms with E-state index in [1.165, 1.54) is 0 Å². The predicted molar refractivity (Wildman–Crippen MR) is 87.1 cm³/mol. The Bertz CT molecular complexity index is 657. The molecule has 1 unspecified atom stereocenters. The molecule has 1 aromatic heterocycles. The number of anilines is 1. The van der Waals surface area contributed by atoms with Gasteiger partial charge >= 0.3 is 0 Å². The number of hydrogen-bond donors (Lipinski definition) is 1. The molecule has 23 heavy (non-hydrogen) atoms. The Balaban J connectivity index is 1.72. The molecule has 1 N–H and O–H groups in total. The van der Waals surface area contributed by atoms with Crippen molar-refractivity contribution >= 4 is 5.82 Å². The molecule has 3 rings (SSSR count). The molecule has 122 valence electrons. The second-order valence-corrected chi connectivity index (χ2v) is 5.39. The third-order valence-electron chi connectivity index (χ3n) is 3.98. The van der Waals surface area contributed by atoms with E-state index in [4.69, 9.17) is 14.2 Å². The molecule has 0 bridgehead atoms. The molecule has 1 fully saturated rings. The van der Waals surface area contributed by atoms with E-state index in [-0.39, 0.29) is 0 Å². The number of rotatable bonds is 6. The number of aromatic nitrogens is 2. The van der Waals surface area contributed by atoms with Gasteiger partial charge in [0.2, 0.25) is 0 Å². The smallest absolute Gasteiger partial charge is 0.165 e. The fourth-order valence-corrected chi connectivity index (χ4v) is 2.74. The van der Waals surface area contributed by atoms with Crippen molar-refractivity contribution in [3.05, 3.63) is 41.9 Å². The summed E-state index contributed by atoms with van der Waals surface area (Å²) in [5.41, 5.74) is 2.04. The molecule has 1 atom stereocenters. The minimum absolute atomic E-state index is 0.366. The lowest BCUT2D eigenvalue weighted by molar-refractivity contribution is 0.193. The highest BCUT2D eigenvalue weighted by Crippen LogP contribution is 2.31. The molecule has 0 amide bonds. The SMILES string of the molecule is COc1cccc(CNc2cc(C3CCOC3)ncn2)c1OC. The molecule has 0 saturated carbocycles. The monoisotopic (exact) mass is 315 g/mol. The molecular formula is C17H21N3O3. The second-order valence-electron chi connectivity index (χ2n) is 5.39. The van der Waals surface area contributed by atoms with Crippen LogP contribution in [0.25, 0.3) is 0 Å². The van der Waals surface area contributed by atoms with Gasteiger partial charge < -0.3 is 19.5 Å². The predicted octanol–water partition coefficient (Wildman–Crippen LogP) is 2.61. The van der Waals surface area contributed by atoms with E-state index in [0.29, 0.717) is 12.5 Å². The number of nitrogens with one attached hydrogen (secondary N) is 1. The average Bonchev–Trinajstić information content (AvgIpc) is 3.14. The van der Waals surface area contributed by atoms with E-state index in [1.807, 2.05) is 24.3 Å². The first-order chi connectivity index (χ1) is 11.3. The van der Waals surface area contributed by atoms with Crippen LogP contribution in [-0.4, -0.2) is 37.4 Å². The van der Waals surface area contributed by atoms with Gasteiger partial charge in [0.25, 0.3) is 0 Å². The zero-order valence-electron chi connectivity index (χ0n) is 13.4. The van der Waals surface area contributed by atoms with Crippen LogP contribution in [0, 0.1) is 0 Å². The van der Waals surface area contributed by atoms with Gasteiger partial charge in [0.05, 0.1) is 26.5 Å². The molecular weight excluding hydrogens is 294 g/mol. The second kappa shape index (κ2) is 7.28. The maximum Gasteiger partial charge on any atom is 0.165 e. The Morgan fingerprint density at radius 2 is 2.17 bits per heavy atom. The normalized spacial score (nSPS) is 17.0. The van der Waals surface area contributed by atoms with Crippen molar-refractivity contribution in [2.45, 2.75) is 18.9 Å². The first-order valence-electron chi connectivity index (χ1n) is 7.65. The van der Waals surface area contributed by atoms with Crippen LogP contribution in [0.1, 0.15) is 23.6 Å². The number of ether oxygens (including phenoxy) is 3. The van der Waals surface area contributed by atoms with E-state index in [9.17, 15) is 0 Å². The maximum absolute atomic E-state index is 5.45. The van der Waals surface area contributed by atoms with Crippen LogP contribution in [0.4, 0.5) is 5.82 Å². The standard InChI is InChI=1S/C17H21N3O3/c1-21-15-5-3-4-12(17(15)22-2)9-18-16-8-14(19-11-20-16)13-6-7-23-10-13/h3-5,8,11,13H,6-7,9-10H2,1-2H3,(H,18,19,20). The van der Waals surface area contributed by atoms with Crippen molar-refractivity contribution in [3.63, 3.8) is 0 Å². The van der Waals surface area contributed by atoms with Gasteiger partial charge in [-0.15, -0.1) is 0 Å². The topological polar surface area (TPSA) is 65.5 Å². The Kier molecular flexibility index (Phi) is 4.92. The van der Waals surface area contributed by atoms with Crippen molar-refractivity contribution in [2.24, 2.45) is 0 Å². The summed E-state index contributed by atoms with van der Waals surface area (Å²) in [5, 5.41) is 3.32. The summed E-state index contributed by atoms with van der Waals surface area (Å²) < 4.78 is 16.2. The summed E-state index contributed by atoms with van der Waals surface area (Å²) in [6.45, 7) is 2.14. The minimum Gasteiger partial charge on any atom is -0.493 e. The van der Waals surface area contributed by atoms with Gasteiger partial charge in [-0.05, 0) is 12.5 Å². The first kappa shape index (κ1) is 15.6. The maximum atomic E-state index is 5.45. The molecule has 0 spiro atoms. The number of hydrogen-bond acceptors (Lipinski definition) is 6. The highest BCUT2D eigenvalue weighted by Gasteiger charge is 2.19. The molecule has 1 aliphatic heterocycles. The van der Waals surface area contributed by atoms with Gasteiger partial charge in [-0.1, -0.05) is 12.1 Å². The van der Waals surface area contributed by atoms with Gasteiger partial charge in [-0.25, -0.2) is 9.97 Å². The van der Waals surface area contributed by atoms with Crippen molar-refractivity contribution in [2.75, 3.05) is 32.8 Å². The summed E-state index contributed by atoms with van der Waals surface area (Å²) >= 11 is 0. The lowest BCUT2D eigenvalue weighted by atomic mass is 10.1. The molecule has 2 aromatic rings. The van der Waals surface area contributed by atoms with E-state index < -0.39 is 0 Å². The summed E-state index contributed by atoms with van der Waals surface area (Å²) in [6, 6.07) is 7.82. The third kappa shape index (κ3) is 3.53. The van der Waals surface area contributed by atoms with Crippen LogP contribution in [0.15, 0.2) is 30.6 Å². The molecule has 6 heteroatoms. The summed E-state index contributed by atoms with van der Waals surface area (Å²) in [4.78, 5) is 8.65. The molecule has 0 aliphatic carbocycles. The van der Waals surface area contributed by atoms with Crippen molar-refractivity contribution in [1.82, 2.24) is 9.97 Å². The quantitative estimate of drug-likeness (QED) is 0.884. The molecule has 1 aromatic carbocycles. The fourth-order valence-electron chi connectivity index (χ4n) is 2.74. The molecule has 2 heterocycles. The molecule has 1 saturated heterocycles. The Morgan fingerprint density at radius 1 is 1.26 bits per heavy atom. The van der Waals surface area contributed by atoms with Crippen LogP contribution < -0.4 is 14.8 Å². The lowest BCUT2D eigenvalue weighted by Gasteiger charge is -2.14. The van der Waals surface area contributed by atoms with E-state index in [2.05, 4.69) is 15.3 Å². The lowest BCUT2D eigenvalue weighted by Crippen LogP contribution is -2.07. The number of methoxy groups -OCH3 is 2. The van der Waals surface area contributed by atoms with Crippen LogP contribution in [0.3, 0.4) is 0 Å². The largest absolute Gasteiger partial charge is 0.493 e. The molecule has 0 radical (unpaired) electrons. The van der Waals surface area contributed by atoms with Crippen molar-refractivity contribution < 1.29 is 14.2 Å². The fraction of sp³-hybridized carbons (Fsp3) is 0.412. The van der Waals surface area contributed by atoms with Crippen LogP contribution in [-0.2, 0) is 11.3 Å².